The molecule has 0 saturated carbocycles. The number of fused-ring (bicyclic) bond motifs is 2. The quantitative estimate of drug-likeness (QED) is 0.305. The Hall–Kier alpha value is -4.45. The van der Waals surface area contributed by atoms with Crippen LogP contribution in [-0.2, 0) is 13.1 Å². The zero-order valence-electron chi connectivity index (χ0n) is 19.2. The summed E-state index contributed by atoms with van der Waals surface area (Å²) < 4.78 is 13.3. The highest BCUT2D eigenvalue weighted by atomic mass is 19.1. The Morgan fingerprint density at radius 3 is 2.60 bits per heavy atom. The summed E-state index contributed by atoms with van der Waals surface area (Å²) in [6.07, 6.45) is 5.85. The summed E-state index contributed by atoms with van der Waals surface area (Å²) in [6.45, 7) is 3.49. The zero-order valence-corrected chi connectivity index (χ0v) is 19.2. The van der Waals surface area contributed by atoms with Gasteiger partial charge in [0.05, 0.1) is 17.9 Å². The molecule has 0 unspecified atom stereocenters. The monoisotopic (exact) mass is 462 g/mol. The fourth-order valence-electron chi connectivity index (χ4n) is 4.64. The van der Waals surface area contributed by atoms with E-state index in [0.29, 0.717) is 11.1 Å². The highest BCUT2D eigenvalue weighted by Crippen LogP contribution is 2.28. The Morgan fingerprint density at radius 1 is 1.03 bits per heavy atom. The summed E-state index contributed by atoms with van der Waals surface area (Å²) in [6, 6.07) is 20.1. The van der Waals surface area contributed by atoms with E-state index < -0.39 is 0 Å². The van der Waals surface area contributed by atoms with Crippen molar-refractivity contribution in [1.82, 2.24) is 19.9 Å². The molecule has 0 fully saturated rings. The number of halogens is 1. The number of aromatic amines is 2. The number of nitrogens with one attached hydrogen (secondary N) is 2. The molecule has 2 N–H and O–H groups in total. The predicted molar refractivity (Wildman–Crippen MR) is 135 cm³/mol. The average molecular weight is 463 g/mol. The molecule has 172 valence electrons. The van der Waals surface area contributed by atoms with Crippen molar-refractivity contribution in [2.24, 2.45) is 0 Å². The maximum Gasteiger partial charge on any atom is 0.195 e. The summed E-state index contributed by atoms with van der Waals surface area (Å²) in [5.41, 5.74) is 7.31. The van der Waals surface area contributed by atoms with E-state index in [4.69, 9.17) is 0 Å². The average Bonchev–Trinajstić information content (AvgIpc) is 3.46. The van der Waals surface area contributed by atoms with Crippen LogP contribution in [0.1, 0.15) is 38.7 Å². The number of hydrogen-bond acceptors (Lipinski definition) is 3. The molecule has 35 heavy (non-hydrogen) atoms. The van der Waals surface area contributed by atoms with E-state index in [1.807, 2.05) is 55.5 Å². The van der Waals surface area contributed by atoms with Crippen molar-refractivity contribution in [3.8, 4) is 11.1 Å². The van der Waals surface area contributed by atoms with Gasteiger partial charge in [-0.2, -0.15) is 0 Å². The zero-order chi connectivity index (χ0) is 23.9. The Balaban J connectivity index is 1.19. The van der Waals surface area contributed by atoms with Crippen molar-refractivity contribution >= 4 is 22.8 Å². The van der Waals surface area contributed by atoms with Crippen LogP contribution in [0.3, 0.4) is 0 Å². The molecule has 0 radical (unpaired) electrons. The maximum atomic E-state index is 13.3. The van der Waals surface area contributed by atoms with E-state index in [2.05, 4.69) is 26.1 Å². The van der Waals surface area contributed by atoms with Crippen LogP contribution in [0, 0.1) is 12.7 Å². The number of benzene rings is 3. The van der Waals surface area contributed by atoms with Crippen LogP contribution < -0.4 is 0 Å². The van der Waals surface area contributed by atoms with E-state index in [0.717, 1.165) is 57.9 Å². The first-order valence-electron chi connectivity index (χ1n) is 11.5. The molecule has 6 rings (SSSR count). The summed E-state index contributed by atoms with van der Waals surface area (Å²) in [4.78, 5) is 26.5. The van der Waals surface area contributed by atoms with E-state index in [-0.39, 0.29) is 11.6 Å². The van der Waals surface area contributed by atoms with Gasteiger partial charge >= 0.3 is 0 Å². The smallest absolute Gasteiger partial charge is 0.195 e. The molecule has 2 aromatic heterocycles. The van der Waals surface area contributed by atoms with Gasteiger partial charge in [0, 0.05) is 41.0 Å². The number of aryl methyl sites for hydroxylation is 1. The second kappa shape index (κ2) is 8.40. The third-order valence-electron chi connectivity index (χ3n) is 6.44. The van der Waals surface area contributed by atoms with Crippen molar-refractivity contribution in [2.45, 2.75) is 20.0 Å². The van der Waals surface area contributed by atoms with E-state index >= 15 is 0 Å². The lowest BCUT2D eigenvalue weighted by Gasteiger charge is -2.23. The van der Waals surface area contributed by atoms with E-state index in [9.17, 15) is 9.18 Å². The molecule has 0 spiro atoms. The summed E-state index contributed by atoms with van der Waals surface area (Å²) in [5.74, 6) is 0.643. The molecule has 0 bridgehead atoms. The van der Waals surface area contributed by atoms with Crippen LogP contribution in [-0.4, -0.2) is 25.6 Å². The van der Waals surface area contributed by atoms with Crippen molar-refractivity contribution in [3.63, 3.8) is 0 Å². The minimum atomic E-state index is -0.261. The van der Waals surface area contributed by atoms with Crippen LogP contribution >= 0.6 is 0 Å². The number of hydrogen-bond donors (Lipinski definition) is 2. The highest BCUT2D eigenvalue weighted by molar-refractivity contribution is 6.16. The van der Waals surface area contributed by atoms with Gasteiger partial charge in [-0.05, 0) is 47.9 Å². The van der Waals surface area contributed by atoms with Gasteiger partial charge in [-0.1, -0.05) is 48.5 Å². The molecule has 1 aliphatic heterocycles. The molecule has 0 amide bonds. The van der Waals surface area contributed by atoms with Crippen LogP contribution in [0.5, 0.6) is 0 Å². The highest BCUT2D eigenvalue weighted by Gasteiger charge is 2.17. The van der Waals surface area contributed by atoms with Gasteiger partial charge in [-0.15, -0.1) is 0 Å². The first-order chi connectivity index (χ1) is 17.0. The number of H-pyrrole nitrogens is 2. The number of ketones is 1. The number of rotatable bonds is 5. The minimum Gasteiger partial charge on any atom is -0.367 e. The van der Waals surface area contributed by atoms with Crippen molar-refractivity contribution in [2.75, 3.05) is 0 Å². The fraction of sp³-hybridized carbons (Fsp3) is 0.103. The Bertz CT molecular complexity index is 1580. The third kappa shape index (κ3) is 4.04. The lowest BCUT2D eigenvalue weighted by Crippen LogP contribution is -2.19. The predicted octanol–water partition coefficient (Wildman–Crippen LogP) is 6.22. The molecular weight excluding hydrogens is 439 g/mol. The standard InChI is InChI=1S/C29H23FN4O/c1-18-32-26-12-13-34(17-28(26)33-18)16-19-2-4-21(5-3-19)29(35)25-15-31-27-14-22(8-11-24(25)27)20-6-9-23(30)10-7-20/h2-15,31H,16-17H2,1H3,(H,32,33). The van der Waals surface area contributed by atoms with Gasteiger partial charge in [0.2, 0.25) is 0 Å². The molecular formula is C29H23FN4O. The number of nitrogens with zero attached hydrogens (tertiary/aromatic N) is 2. The minimum absolute atomic E-state index is 0.0206. The van der Waals surface area contributed by atoms with Gasteiger partial charge in [0.25, 0.3) is 0 Å². The third-order valence-corrected chi connectivity index (χ3v) is 6.44. The topological polar surface area (TPSA) is 64.8 Å². The molecule has 0 aliphatic carbocycles. The molecule has 0 atom stereocenters. The number of carbonyl (C=O) groups excluding carboxylic acids is 1. The lowest BCUT2D eigenvalue weighted by atomic mass is 9.99. The normalized spacial score (nSPS) is 12.8. The fourth-order valence-corrected chi connectivity index (χ4v) is 4.64. The van der Waals surface area contributed by atoms with Gasteiger partial charge in [0.1, 0.15) is 11.6 Å². The SMILES string of the molecule is Cc1nc2c([nH]1)CN(Cc1ccc(C(=O)c3c[nH]c4cc(-c5ccc(F)cc5)ccc34)cc1)C=C2. The van der Waals surface area contributed by atoms with Crippen molar-refractivity contribution in [1.29, 1.82) is 0 Å². The number of carbonyl (C=O) groups is 1. The second-order valence-electron chi connectivity index (χ2n) is 8.90. The molecule has 6 heteroatoms. The van der Waals surface area contributed by atoms with Gasteiger partial charge in [-0.25, -0.2) is 9.37 Å². The molecule has 0 saturated heterocycles. The van der Waals surface area contributed by atoms with Crippen molar-refractivity contribution in [3.05, 3.63) is 119 Å². The summed E-state index contributed by atoms with van der Waals surface area (Å²) in [5, 5.41) is 0.869. The number of imidazole rings is 1. The van der Waals surface area contributed by atoms with E-state index in [1.54, 1.807) is 18.3 Å². The first-order valence-corrected chi connectivity index (χ1v) is 11.5. The van der Waals surface area contributed by atoms with Crippen LogP contribution in [0.4, 0.5) is 4.39 Å². The molecule has 5 nitrogen and oxygen atoms in total. The number of aromatic nitrogens is 3. The van der Waals surface area contributed by atoms with Gasteiger partial charge in [0.15, 0.2) is 5.78 Å². The molecule has 3 heterocycles. The first kappa shape index (κ1) is 21.1. The Kier molecular flexibility index (Phi) is 5.07. The lowest BCUT2D eigenvalue weighted by molar-refractivity contribution is 0.104. The van der Waals surface area contributed by atoms with Crippen LogP contribution in [0.25, 0.3) is 28.1 Å². The van der Waals surface area contributed by atoms with Gasteiger partial charge in [-0.3, -0.25) is 4.79 Å². The molecule has 3 aromatic carbocycles. The summed E-state index contributed by atoms with van der Waals surface area (Å²) in [7, 11) is 0. The maximum absolute atomic E-state index is 13.3. The second-order valence-corrected chi connectivity index (χ2v) is 8.90. The van der Waals surface area contributed by atoms with Crippen LogP contribution in [0.2, 0.25) is 0 Å². The largest absolute Gasteiger partial charge is 0.367 e. The van der Waals surface area contributed by atoms with E-state index in [1.165, 1.54) is 12.1 Å². The molecule has 1 aliphatic rings. The summed E-state index contributed by atoms with van der Waals surface area (Å²) >= 11 is 0. The Morgan fingerprint density at radius 2 is 1.80 bits per heavy atom. The van der Waals surface area contributed by atoms with Gasteiger partial charge < -0.3 is 14.9 Å². The Labute approximate surface area is 202 Å². The molecule has 5 aromatic rings. The van der Waals surface area contributed by atoms with Crippen LogP contribution in [0.15, 0.2) is 79.1 Å². The van der Waals surface area contributed by atoms with Crippen molar-refractivity contribution < 1.29 is 9.18 Å².